The predicted octanol–water partition coefficient (Wildman–Crippen LogP) is 4.71. The minimum Gasteiger partial charge on any atom is -0.497 e. The number of methoxy groups -OCH3 is 1. The van der Waals surface area contributed by atoms with Gasteiger partial charge in [-0.25, -0.2) is 4.98 Å². The minimum absolute atomic E-state index is 0.0772. The van der Waals surface area contributed by atoms with Crippen LogP contribution < -0.4 is 14.8 Å². The lowest BCUT2D eigenvalue weighted by molar-refractivity contribution is 0.0682. The van der Waals surface area contributed by atoms with Crippen molar-refractivity contribution >= 4 is 34.1 Å². The van der Waals surface area contributed by atoms with Gasteiger partial charge in [0, 0.05) is 17.0 Å². The van der Waals surface area contributed by atoms with E-state index in [2.05, 4.69) is 10.3 Å². The van der Waals surface area contributed by atoms with Crippen LogP contribution >= 0.6 is 11.6 Å². The average molecular weight is 413 g/mol. The van der Waals surface area contributed by atoms with Gasteiger partial charge < -0.3 is 19.5 Å². The third-order valence-corrected chi connectivity index (χ3v) is 5.00. The summed E-state index contributed by atoms with van der Waals surface area (Å²) in [6, 6.07) is 14.2. The fourth-order valence-electron chi connectivity index (χ4n) is 3.23. The van der Waals surface area contributed by atoms with Crippen molar-refractivity contribution in [2.45, 2.75) is 18.9 Å². The SMILES string of the molecule is COc1ccc2nc(C(=O)Nc3cc(Cl)ccc3OCC3CCCO3)ccc2c1. The monoisotopic (exact) mass is 412 g/mol. The van der Waals surface area contributed by atoms with Crippen molar-refractivity contribution in [2.24, 2.45) is 0 Å². The van der Waals surface area contributed by atoms with Crippen LogP contribution in [0.1, 0.15) is 23.3 Å². The predicted molar refractivity (Wildman–Crippen MR) is 112 cm³/mol. The third-order valence-electron chi connectivity index (χ3n) is 4.77. The van der Waals surface area contributed by atoms with E-state index in [1.165, 1.54) is 0 Å². The van der Waals surface area contributed by atoms with Crippen molar-refractivity contribution in [1.82, 2.24) is 4.98 Å². The van der Waals surface area contributed by atoms with Crippen LogP contribution in [0.25, 0.3) is 10.9 Å². The normalized spacial score (nSPS) is 16.0. The van der Waals surface area contributed by atoms with Gasteiger partial charge in [-0.2, -0.15) is 0 Å². The van der Waals surface area contributed by atoms with E-state index in [-0.39, 0.29) is 12.0 Å². The molecule has 7 heteroatoms. The van der Waals surface area contributed by atoms with Crippen LogP contribution in [-0.2, 0) is 4.74 Å². The first kappa shape index (κ1) is 19.5. The van der Waals surface area contributed by atoms with Crippen molar-refractivity contribution in [3.05, 3.63) is 59.2 Å². The molecule has 1 aromatic heterocycles. The Morgan fingerprint density at radius 1 is 1.24 bits per heavy atom. The number of hydrogen-bond donors (Lipinski definition) is 1. The van der Waals surface area contributed by atoms with Gasteiger partial charge in [-0.3, -0.25) is 4.79 Å². The molecule has 1 N–H and O–H groups in total. The summed E-state index contributed by atoms with van der Waals surface area (Å²) in [6.07, 6.45) is 2.09. The number of aromatic nitrogens is 1. The number of anilines is 1. The van der Waals surface area contributed by atoms with Gasteiger partial charge in [-0.05, 0) is 55.3 Å². The zero-order valence-electron chi connectivity index (χ0n) is 16.0. The van der Waals surface area contributed by atoms with E-state index in [9.17, 15) is 4.79 Å². The van der Waals surface area contributed by atoms with Gasteiger partial charge >= 0.3 is 0 Å². The number of amides is 1. The number of fused-ring (bicyclic) bond motifs is 1. The Bertz CT molecular complexity index is 1030. The molecule has 1 fully saturated rings. The molecule has 6 nitrogen and oxygen atoms in total. The summed E-state index contributed by atoms with van der Waals surface area (Å²) in [4.78, 5) is 17.2. The molecule has 1 atom stereocenters. The summed E-state index contributed by atoms with van der Waals surface area (Å²) >= 11 is 6.12. The number of carbonyl (C=O) groups excluding carboxylic acids is 1. The number of hydrogen-bond acceptors (Lipinski definition) is 5. The Morgan fingerprint density at radius 3 is 2.93 bits per heavy atom. The molecule has 1 unspecified atom stereocenters. The largest absolute Gasteiger partial charge is 0.497 e. The average Bonchev–Trinajstić information content (AvgIpc) is 3.26. The summed E-state index contributed by atoms with van der Waals surface area (Å²) in [7, 11) is 1.61. The number of nitrogens with one attached hydrogen (secondary N) is 1. The van der Waals surface area contributed by atoms with E-state index in [1.807, 2.05) is 24.3 Å². The molecule has 150 valence electrons. The standard InChI is InChI=1S/C22H21ClN2O4/c1-27-16-6-8-18-14(11-16)4-7-19(24-18)22(26)25-20-12-15(23)5-9-21(20)29-13-17-3-2-10-28-17/h4-9,11-12,17H,2-3,10,13H2,1H3,(H,25,26). The lowest BCUT2D eigenvalue weighted by Crippen LogP contribution is -2.18. The highest BCUT2D eigenvalue weighted by Gasteiger charge is 2.18. The molecule has 0 radical (unpaired) electrons. The molecule has 0 bridgehead atoms. The second-order valence-corrected chi connectivity index (χ2v) is 7.23. The number of nitrogens with zero attached hydrogens (tertiary/aromatic N) is 1. The Hall–Kier alpha value is -2.83. The molecular weight excluding hydrogens is 392 g/mol. The number of ether oxygens (including phenoxy) is 3. The van der Waals surface area contributed by atoms with Crippen molar-refractivity contribution in [3.63, 3.8) is 0 Å². The molecule has 0 spiro atoms. The van der Waals surface area contributed by atoms with Gasteiger partial charge in [0.1, 0.15) is 23.8 Å². The molecule has 0 aliphatic carbocycles. The zero-order valence-corrected chi connectivity index (χ0v) is 16.7. The Labute approximate surface area is 173 Å². The van der Waals surface area contributed by atoms with Gasteiger partial charge in [0.25, 0.3) is 5.91 Å². The molecule has 1 aliphatic rings. The number of rotatable bonds is 6. The van der Waals surface area contributed by atoms with Gasteiger partial charge in [-0.1, -0.05) is 17.7 Å². The maximum Gasteiger partial charge on any atom is 0.274 e. The quantitative estimate of drug-likeness (QED) is 0.635. The molecular formula is C22H21ClN2O4. The molecule has 3 aromatic rings. The summed E-state index contributed by atoms with van der Waals surface area (Å²) < 4.78 is 16.7. The van der Waals surface area contributed by atoms with E-state index in [1.54, 1.807) is 31.4 Å². The van der Waals surface area contributed by atoms with Crippen molar-refractivity contribution in [2.75, 3.05) is 25.6 Å². The molecule has 1 aliphatic heterocycles. The molecule has 2 aromatic carbocycles. The summed E-state index contributed by atoms with van der Waals surface area (Å²) in [5, 5.41) is 4.25. The topological polar surface area (TPSA) is 69.7 Å². The van der Waals surface area contributed by atoms with E-state index in [0.29, 0.717) is 34.3 Å². The molecule has 2 heterocycles. The highest BCUT2D eigenvalue weighted by atomic mass is 35.5. The maximum atomic E-state index is 12.8. The van der Waals surface area contributed by atoms with Crippen LogP contribution in [-0.4, -0.2) is 37.3 Å². The van der Waals surface area contributed by atoms with Crippen LogP contribution in [0.5, 0.6) is 11.5 Å². The Morgan fingerprint density at radius 2 is 2.14 bits per heavy atom. The number of halogens is 1. The van der Waals surface area contributed by atoms with Gasteiger partial charge in [0.2, 0.25) is 0 Å². The fraction of sp³-hybridized carbons (Fsp3) is 0.273. The van der Waals surface area contributed by atoms with Crippen LogP contribution in [0.2, 0.25) is 5.02 Å². The Balaban J connectivity index is 1.52. The fourth-order valence-corrected chi connectivity index (χ4v) is 3.40. The van der Waals surface area contributed by atoms with Crippen molar-refractivity contribution in [3.8, 4) is 11.5 Å². The first-order chi connectivity index (χ1) is 14.1. The molecule has 1 saturated heterocycles. The Kier molecular flexibility index (Phi) is 5.83. The van der Waals surface area contributed by atoms with Gasteiger partial charge in [-0.15, -0.1) is 0 Å². The van der Waals surface area contributed by atoms with Gasteiger partial charge in [0.05, 0.1) is 24.4 Å². The second kappa shape index (κ2) is 8.68. The number of pyridine rings is 1. The summed E-state index contributed by atoms with van der Waals surface area (Å²) in [6.45, 7) is 1.19. The smallest absolute Gasteiger partial charge is 0.274 e. The summed E-state index contributed by atoms with van der Waals surface area (Å²) in [5.41, 5.74) is 1.50. The first-order valence-corrected chi connectivity index (χ1v) is 9.80. The highest BCUT2D eigenvalue weighted by molar-refractivity contribution is 6.31. The second-order valence-electron chi connectivity index (χ2n) is 6.80. The third kappa shape index (κ3) is 4.60. The van der Waals surface area contributed by atoms with Crippen molar-refractivity contribution < 1.29 is 19.0 Å². The zero-order chi connectivity index (χ0) is 20.2. The molecule has 1 amide bonds. The lowest BCUT2D eigenvalue weighted by atomic mass is 10.2. The van der Waals surface area contributed by atoms with Gasteiger partial charge in [0.15, 0.2) is 0 Å². The van der Waals surface area contributed by atoms with E-state index < -0.39 is 0 Å². The minimum atomic E-state index is -0.341. The molecule has 4 rings (SSSR count). The molecule has 0 saturated carbocycles. The number of benzene rings is 2. The van der Waals surface area contributed by atoms with E-state index >= 15 is 0 Å². The van der Waals surface area contributed by atoms with Crippen LogP contribution in [0.15, 0.2) is 48.5 Å². The maximum absolute atomic E-state index is 12.8. The van der Waals surface area contributed by atoms with E-state index in [0.717, 1.165) is 30.6 Å². The summed E-state index contributed by atoms with van der Waals surface area (Å²) in [5.74, 6) is 0.944. The van der Waals surface area contributed by atoms with Crippen molar-refractivity contribution in [1.29, 1.82) is 0 Å². The molecule has 29 heavy (non-hydrogen) atoms. The first-order valence-electron chi connectivity index (χ1n) is 9.42. The lowest BCUT2D eigenvalue weighted by Gasteiger charge is -2.15. The number of carbonyl (C=O) groups is 1. The van der Waals surface area contributed by atoms with Crippen LogP contribution in [0.4, 0.5) is 5.69 Å². The van der Waals surface area contributed by atoms with Crippen LogP contribution in [0, 0.1) is 0 Å². The van der Waals surface area contributed by atoms with Crippen LogP contribution in [0.3, 0.4) is 0 Å². The van der Waals surface area contributed by atoms with E-state index in [4.69, 9.17) is 25.8 Å². The highest BCUT2D eigenvalue weighted by Crippen LogP contribution is 2.29.